The zero-order valence-corrected chi connectivity index (χ0v) is 10.2. The highest BCUT2D eigenvalue weighted by Crippen LogP contribution is 2.24. The normalized spacial score (nSPS) is 16.1. The minimum atomic E-state index is -0.149. The van der Waals surface area contributed by atoms with E-state index in [9.17, 15) is 4.79 Å². The lowest BCUT2D eigenvalue weighted by Crippen LogP contribution is -2.29. The Labute approximate surface area is 104 Å². The van der Waals surface area contributed by atoms with Crippen molar-refractivity contribution < 1.29 is 0 Å². The molecule has 1 aliphatic heterocycles. The predicted molar refractivity (Wildman–Crippen MR) is 67.2 cm³/mol. The Bertz CT molecular complexity index is 647. The first kappa shape index (κ1) is 10.9. The highest BCUT2D eigenvalue weighted by Gasteiger charge is 2.29. The van der Waals surface area contributed by atoms with Crippen LogP contribution in [0.5, 0.6) is 0 Å². The fourth-order valence-corrected chi connectivity index (χ4v) is 2.07. The van der Waals surface area contributed by atoms with Gasteiger partial charge in [0, 0.05) is 12.3 Å². The van der Waals surface area contributed by atoms with Crippen molar-refractivity contribution in [3.8, 4) is 11.4 Å². The number of hydrogen-bond acceptors (Lipinski definition) is 5. The third-order valence-corrected chi connectivity index (χ3v) is 2.86. The standard InChI is InChI=1S/C12H13N5O/c1-12(2)6-17-10(18)5-9(15-11(17)16-12)8-3-4-13-7-14-8/h3-5,7H,6H2,1-2H3,(H,15,16). The maximum atomic E-state index is 12.0. The van der Waals surface area contributed by atoms with Gasteiger partial charge in [-0.1, -0.05) is 0 Å². The fourth-order valence-electron chi connectivity index (χ4n) is 2.07. The van der Waals surface area contributed by atoms with Crippen molar-refractivity contribution in [3.05, 3.63) is 35.0 Å². The zero-order valence-electron chi connectivity index (χ0n) is 10.2. The first-order valence-electron chi connectivity index (χ1n) is 5.72. The molecule has 0 atom stereocenters. The molecule has 0 bridgehead atoms. The Kier molecular flexibility index (Phi) is 2.19. The van der Waals surface area contributed by atoms with Crippen molar-refractivity contribution in [1.82, 2.24) is 19.5 Å². The van der Waals surface area contributed by atoms with Crippen molar-refractivity contribution in [1.29, 1.82) is 0 Å². The van der Waals surface area contributed by atoms with Gasteiger partial charge in [-0.05, 0) is 19.9 Å². The Morgan fingerprint density at radius 1 is 1.39 bits per heavy atom. The van der Waals surface area contributed by atoms with Gasteiger partial charge in [0.1, 0.15) is 6.33 Å². The van der Waals surface area contributed by atoms with Gasteiger partial charge < -0.3 is 5.32 Å². The molecule has 0 saturated heterocycles. The molecule has 92 valence electrons. The molecule has 2 aromatic heterocycles. The SMILES string of the molecule is CC1(C)Cn2c(nc(-c3ccncn3)cc2=O)N1. The van der Waals surface area contributed by atoms with Crippen molar-refractivity contribution in [3.63, 3.8) is 0 Å². The Morgan fingerprint density at radius 2 is 2.22 bits per heavy atom. The molecule has 0 saturated carbocycles. The molecule has 6 nitrogen and oxygen atoms in total. The molecule has 0 aliphatic carbocycles. The van der Waals surface area contributed by atoms with E-state index in [1.165, 1.54) is 12.4 Å². The zero-order chi connectivity index (χ0) is 12.8. The van der Waals surface area contributed by atoms with Gasteiger partial charge in [-0.25, -0.2) is 15.0 Å². The number of nitrogens with zero attached hydrogens (tertiary/aromatic N) is 4. The minimum absolute atomic E-state index is 0.0633. The summed E-state index contributed by atoms with van der Waals surface area (Å²) in [6.45, 7) is 4.69. The summed E-state index contributed by atoms with van der Waals surface area (Å²) in [7, 11) is 0. The molecule has 0 amide bonds. The second-order valence-corrected chi connectivity index (χ2v) is 4.99. The van der Waals surface area contributed by atoms with E-state index < -0.39 is 0 Å². The van der Waals surface area contributed by atoms with Gasteiger partial charge in [-0.15, -0.1) is 0 Å². The van der Waals surface area contributed by atoms with Gasteiger partial charge in [0.05, 0.1) is 23.5 Å². The number of nitrogens with one attached hydrogen (secondary N) is 1. The highest BCUT2D eigenvalue weighted by atomic mass is 16.1. The molecule has 1 aliphatic rings. The molecule has 3 rings (SSSR count). The van der Waals surface area contributed by atoms with Crippen LogP contribution < -0.4 is 10.9 Å². The maximum absolute atomic E-state index is 12.0. The molecule has 0 unspecified atom stereocenters. The first-order valence-corrected chi connectivity index (χ1v) is 5.72. The van der Waals surface area contributed by atoms with Crippen LogP contribution in [0.2, 0.25) is 0 Å². The third kappa shape index (κ3) is 1.75. The van der Waals surface area contributed by atoms with Gasteiger partial charge in [0.2, 0.25) is 5.95 Å². The van der Waals surface area contributed by atoms with Gasteiger partial charge in [0.25, 0.3) is 5.56 Å². The second kappa shape index (κ2) is 3.63. The molecule has 3 heterocycles. The van der Waals surface area contributed by atoms with Crippen LogP contribution >= 0.6 is 0 Å². The molecule has 1 N–H and O–H groups in total. The quantitative estimate of drug-likeness (QED) is 0.805. The number of hydrogen-bond donors (Lipinski definition) is 1. The molecular weight excluding hydrogens is 230 g/mol. The molecule has 0 aromatic carbocycles. The Morgan fingerprint density at radius 3 is 2.94 bits per heavy atom. The van der Waals surface area contributed by atoms with Crippen LogP contribution in [0.15, 0.2) is 29.5 Å². The van der Waals surface area contributed by atoms with Gasteiger partial charge in [-0.3, -0.25) is 9.36 Å². The van der Waals surface area contributed by atoms with E-state index in [-0.39, 0.29) is 11.1 Å². The summed E-state index contributed by atoms with van der Waals surface area (Å²) in [5.74, 6) is 0.598. The number of aromatic nitrogens is 4. The topological polar surface area (TPSA) is 72.7 Å². The Balaban J connectivity index is 2.13. The Hall–Kier alpha value is -2.24. The van der Waals surface area contributed by atoms with E-state index in [0.29, 0.717) is 23.9 Å². The summed E-state index contributed by atoms with van der Waals surface area (Å²) in [6, 6.07) is 3.24. The highest BCUT2D eigenvalue weighted by molar-refractivity contribution is 5.55. The van der Waals surface area contributed by atoms with Crippen molar-refractivity contribution in [2.24, 2.45) is 0 Å². The lowest BCUT2D eigenvalue weighted by Gasteiger charge is -2.15. The fraction of sp³-hybridized carbons (Fsp3) is 0.333. The average molecular weight is 243 g/mol. The van der Waals surface area contributed by atoms with Gasteiger partial charge >= 0.3 is 0 Å². The molecular formula is C12H13N5O. The number of rotatable bonds is 1. The second-order valence-electron chi connectivity index (χ2n) is 4.99. The van der Waals surface area contributed by atoms with Crippen molar-refractivity contribution >= 4 is 5.95 Å². The predicted octanol–water partition coefficient (Wildman–Crippen LogP) is 0.904. The van der Waals surface area contributed by atoms with Crippen LogP contribution in [-0.4, -0.2) is 25.1 Å². The largest absolute Gasteiger partial charge is 0.349 e. The van der Waals surface area contributed by atoms with E-state index in [1.54, 1.807) is 16.8 Å². The summed E-state index contributed by atoms with van der Waals surface area (Å²) in [6.07, 6.45) is 3.07. The van der Waals surface area contributed by atoms with E-state index in [2.05, 4.69) is 20.3 Å². The minimum Gasteiger partial charge on any atom is -0.349 e. The van der Waals surface area contributed by atoms with Crippen LogP contribution in [-0.2, 0) is 6.54 Å². The van der Waals surface area contributed by atoms with E-state index >= 15 is 0 Å². The molecule has 2 aromatic rings. The smallest absolute Gasteiger partial charge is 0.255 e. The monoisotopic (exact) mass is 243 g/mol. The van der Waals surface area contributed by atoms with E-state index in [0.717, 1.165) is 0 Å². The summed E-state index contributed by atoms with van der Waals surface area (Å²) < 4.78 is 1.64. The van der Waals surface area contributed by atoms with E-state index in [1.807, 2.05) is 13.8 Å². The summed E-state index contributed by atoms with van der Waals surface area (Å²) in [5, 5.41) is 3.23. The lowest BCUT2D eigenvalue weighted by molar-refractivity contribution is 0.517. The van der Waals surface area contributed by atoms with Gasteiger partial charge in [0.15, 0.2) is 0 Å². The third-order valence-electron chi connectivity index (χ3n) is 2.86. The molecule has 0 spiro atoms. The van der Waals surface area contributed by atoms with Crippen LogP contribution in [0.3, 0.4) is 0 Å². The number of anilines is 1. The average Bonchev–Trinajstić information content (AvgIpc) is 2.65. The molecule has 0 fully saturated rings. The summed E-state index contributed by atoms with van der Waals surface area (Å²) in [5.41, 5.74) is 1.01. The van der Waals surface area contributed by atoms with Gasteiger partial charge in [-0.2, -0.15) is 0 Å². The van der Waals surface area contributed by atoms with E-state index in [4.69, 9.17) is 0 Å². The molecule has 6 heteroatoms. The molecule has 18 heavy (non-hydrogen) atoms. The number of fused-ring (bicyclic) bond motifs is 1. The van der Waals surface area contributed by atoms with Crippen LogP contribution in [0.1, 0.15) is 13.8 Å². The van der Waals surface area contributed by atoms with Crippen molar-refractivity contribution in [2.75, 3.05) is 5.32 Å². The van der Waals surface area contributed by atoms with Crippen LogP contribution in [0, 0.1) is 0 Å². The first-order chi connectivity index (χ1) is 8.55. The summed E-state index contributed by atoms with van der Waals surface area (Å²) in [4.78, 5) is 24.4. The molecule has 0 radical (unpaired) electrons. The van der Waals surface area contributed by atoms with Crippen molar-refractivity contribution in [2.45, 2.75) is 25.9 Å². The maximum Gasteiger partial charge on any atom is 0.255 e. The van der Waals surface area contributed by atoms with Crippen LogP contribution in [0.4, 0.5) is 5.95 Å². The van der Waals surface area contributed by atoms with Crippen LogP contribution in [0.25, 0.3) is 11.4 Å². The summed E-state index contributed by atoms with van der Waals surface area (Å²) >= 11 is 0. The lowest BCUT2D eigenvalue weighted by atomic mass is 10.1.